The van der Waals surface area contributed by atoms with Gasteiger partial charge in [0.25, 0.3) is 0 Å². The second kappa shape index (κ2) is 5.89. The third-order valence-corrected chi connectivity index (χ3v) is 4.64. The molecule has 1 aliphatic carbocycles. The van der Waals surface area contributed by atoms with Crippen molar-refractivity contribution < 1.29 is 0 Å². The molecule has 1 saturated carbocycles. The van der Waals surface area contributed by atoms with Crippen LogP contribution in [-0.2, 0) is 0 Å². The lowest BCUT2D eigenvalue weighted by atomic mass is 9.70. The second-order valence-corrected chi connectivity index (χ2v) is 6.01. The summed E-state index contributed by atoms with van der Waals surface area (Å²) in [5.74, 6) is 1.70. The highest BCUT2D eigenvalue weighted by Gasteiger charge is 2.29. The minimum atomic E-state index is 0.437. The molecule has 90 valence electrons. The monoisotopic (exact) mass is 211 g/mol. The Morgan fingerprint density at radius 2 is 1.80 bits per heavy atom. The predicted molar refractivity (Wildman–Crippen MR) is 67.8 cm³/mol. The summed E-state index contributed by atoms with van der Waals surface area (Å²) in [6, 6.07) is 0. The van der Waals surface area contributed by atoms with Gasteiger partial charge in [-0.15, -0.1) is 0 Å². The van der Waals surface area contributed by atoms with E-state index in [0.717, 1.165) is 18.4 Å². The largest absolute Gasteiger partial charge is 0.330 e. The molecule has 0 bridgehead atoms. The normalized spacial score (nSPS) is 21.6. The molecule has 0 aliphatic heterocycles. The van der Waals surface area contributed by atoms with Gasteiger partial charge in [0, 0.05) is 0 Å². The highest BCUT2D eigenvalue weighted by Crippen LogP contribution is 2.38. The highest BCUT2D eigenvalue weighted by molar-refractivity contribution is 4.81. The number of hydrogen-bond donors (Lipinski definition) is 1. The molecule has 0 spiro atoms. The summed E-state index contributed by atoms with van der Waals surface area (Å²) in [5.41, 5.74) is 6.39. The molecule has 0 aromatic carbocycles. The van der Waals surface area contributed by atoms with Gasteiger partial charge < -0.3 is 5.73 Å². The van der Waals surface area contributed by atoms with E-state index in [1.54, 1.807) is 0 Å². The minimum Gasteiger partial charge on any atom is -0.330 e. The van der Waals surface area contributed by atoms with Gasteiger partial charge in [0.05, 0.1) is 0 Å². The molecule has 1 atom stereocenters. The van der Waals surface area contributed by atoms with Crippen LogP contribution in [0.4, 0.5) is 0 Å². The summed E-state index contributed by atoms with van der Waals surface area (Å²) in [7, 11) is 0. The smallest absolute Gasteiger partial charge is 0.00437 e. The fourth-order valence-electron chi connectivity index (χ4n) is 2.85. The SMILES string of the molecule is CCC(C)(C)C(CN)CC1CCCCC1. The fraction of sp³-hybridized carbons (Fsp3) is 1.00. The molecule has 0 radical (unpaired) electrons. The van der Waals surface area contributed by atoms with Gasteiger partial charge in [-0.1, -0.05) is 59.3 Å². The molecule has 1 unspecified atom stereocenters. The van der Waals surface area contributed by atoms with Crippen LogP contribution < -0.4 is 5.73 Å². The molecule has 0 aromatic heterocycles. The van der Waals surface area contributed by atoms with Crippen LogP contribution in [0.3, 0.4) is 0 Å². The summed E-state index contributed by atoms with van der Waals surface area (Å²) in [6.45, 7) is 7.93. The molecule has 0 aromatic rings. The van der Waals surface area contributed by atoms with Crippen LogP contribution in [0.5, 0.6) is 0 Å². The van der Waals surface area contributed by atoms with Crippen molar-refractivity contribution in [2.24, 2.45) is 23.0 Å². The maximum Gasteiger partial charge on any atom is -0.00437 e. The number of nitrogens with two attached hydrogens (primary N) is 1. The van der Waals surface area contributed by atoms with Crippen LogP contribution in [0, 0.1) is 17.3 Å². The first-order valence-electron chi connectivity index (χ1n) is 6.80. The van der Waals surface area contributed by atoms with Crippen LogP contribution in [0.15, 0.2) is 0 Å². The van der Waals surface area contributed by atoms with Crippen molar-refractivity contribution in [3.05, 3.63) is 0 Å². The molecule has 15 heavy (non-hydrogen) atoms. The quantitative estimate of drug-likeness (QED) is 0.731. The maximum absolute atomic E-state index is 5.95. The molecule has 1 fully saturated rings. The Kier molecular flexibility index (Phi) is 5.11. The topological polar surface area (TPSA) is 26.0 Å². The van der Waals surface area contributed by atoms with Crippen LogP contribution in [0.25, 0.3) is 0 Å². The molecule has 0 saturated heterocycles. The summed E-state index contributed by atoms with van der Waals surface area (Å²) in [4.78, 5) is 0. The Balaban J connectivity index is 2.44. The van der Waals surface area contributed by atoms with E-state index in [1.807, 2.05) is 0 Å². The van der Waals surface area contributed by atoms with Gasteiger partial charge in [-0.2, -0.15) is 0 Å². The van der Waals surface area contributed by atoms with E-state index < -0.39 is 0 Å². The Labute approximate surface area is 95.8 Å². The number of rotatable bonds is 5. The van der Waals surface area contributed by atoms with Gasteiger partial charge in [0.15, 0.2) is 0 Å². The van der Waals surface area contributed by atoms with E-state index in [4.69, 9.17) is 5.73 Å². The maximum atomic E-state index is 5.95. The van der Waals surface area contributed by atoms with E-state index in [-0.39, 0.29) is 0 Å². The van der Waals surface area contributed by atoms with Crippen LogP contribution in [0.1, 0.15) is 65.7 Å². The Bertz CT molecular complexity index is 168. The van der Waals surface area contributed by atoms with Gasteiger partial charge in [0.2, 0.25) is 0 Å². The average Bonchev–Trinajstić information content (AvgIpc) is 2.27. The lowest BCUT2D eigenvalue weighted by Gasteiger charge is -2.36. The molecule has 0 amide bonds. The van der Waals surface area contributed by atoms with E-state index in [2.05, 4.69) is 20.8 Å². The summed E-state index contributed by atoms with van der Waals surface area (Å²) < 4.78 is 0. The van der Waals surface area contributed by atoms with E-state index in [9.17, 15) is 0 Å². The molecule has 1 aliphatic rings. The summed E-state index contributed by atoms with van der Waals surface area (Å²) in [6.07, 6.45) is 9.90. The minimum absolute atomic E-state index is 0.437. The fourth-order valence-corrected chi connectivity index (χ4v) is 2.85. The standard InChI is InChI=1S/C14H29N/c1-4-14(2,3)13(11-15)10-12-8-6-5-7-9-12/h12-13H,4-11,15H2,1-3H3. The van der Waals surface area contributed by atoms with Gasteiger partial charge in [-0.25, -0.2) is 0 Å². The highest BCUT2D eigenvalue weighted by atomic mass is 14.6. The van der Waals surface area contributed by atoms with Gasteiger partial charge in [-0.05, 0) is 30.2 Å². The van der Waals surface area contributed by atoms with Crippen molar-refractivity contribution >= 4 is 0 Å². The van der Waals surface area contributed by atoms with Crippen molar-refractivity contribution in [3.8, 4) is 0 Å². The zero-order chi connectivity index (χ0) is 11.3. The molecule has 1 nitrogen and oxygen atoms in total. The van der Waals surface area contributed by atoms with Crippen molar-refractivity contribution in [3.63, 3.8) is 0 Å². The second-order valence-electron chi connectivity index (χ2n) is 6.01. The van der Waals surface area contributed by atoms with Crippen LogP contribution >= 0.6 is 0 Å². The molecule has 1 rings (SSSR count). The molecule has 2 N–H and O–H groups in total. The average molecular weight is 211 g/mol. The first-order chi connectivity index (χ1) is 7.10. The zero-order valence-corrected chi connectivity index (χ0v) is 10.9. The lowest BCUT2D eigenvalue weighted by molar-refractivity contribution is 0.157. The van der Waals surface area contributed by atoms with E-state index in [1.165, 1.54) is 44.9 Å². The molecular weight excluding hydrogens is 182 g/mol. The first kappa shape index (κ1) is 13.0. The third kappa shape index (κ3) is 3.79. The van der Waals surface area contributed by atoms with Crippen molar-refractivity contribution in [1.29, 1.82) is 0 Å². The van der Waals surface area contributed by atoms with Gasteiger partial charge in [-0.3, -0.25) is 0 Å². The molecule has 0 heterocycles. The van der Waals surface area contributed by atoms with Crippen molar-refractivity contribution in [2.45, 2.75) is 65.7 Å². The van der Waals surface area contributed by atoms with Gasteiger partial charge in [0.1, 0.15) is 0 Å². The predicted octanol–water partition coefficient (Wildman–Crippen LogP) is 3.97. The lowest BCUT2D eigenvalue weighted by Crippen LogP contribution is -2.32. The summed E-state index contributed by atoms with van der Waals surface area (Å²) >= 11 is 0. The van der Waals surface area contributed by atoms with Crippen molar-refractivity contribution in [1.82, 2.24) is 0 Å². The van der Waals surface area contributed by atoms with Crippen LogP contribution in [-0.4, -0.2) is 6.54 Å². The first-order valence-corrected chi connectivity index (χ1v) is 6.80. The van der Waals surface area contributed by atoms with Crippen molar-refractivity contribution in [2.75, 3.05) is 6.54 Å². The third-order valence-electron chi connectivity index (χ3n) is 4.64. The van der Waals surface area contributed by atoms with E-state index in [0.29, 0.717) is 5.41 Å². The Morgan fingerprint density at radius 3 is 2.27 bits per heavy atom. The Hall–Kier alpha value is -0.0400. The van der Waals surface area contributed by atoms with Crippen LogP contribution in [0.2, 0.25) is 0 Å². The molecule has 1 heteroatoms. The molecular formula is C14H29N. The number of hydrogen-bond acceptors (Lipinski definition) is 1. The summed E-state index contributed by atoms with van der Waals surface area (Å²) in [5, 5.41) is 0. The zero-order valence-electron chi connectivity index (χ0n) is 10.9. The Morgan fingerprint density at radius 1 is 1.20 bits per heavy atom. The van der Waals surface area contributed by atoms with Gasteiger partial charge >= 0.3 is 0 Å². The van der Waals surface area contributed by atoms with E-state index >= 15 is 0 Å².